The van der Waals surface area contributed by atoms with Gasteiger partial charge < -0.3 is 4.74 Å². The van der Waals surface area contributed by atoms with E-state index < -0.39 is 30.6 Å². The Bertz CT molecular complexity index is 1180. The predicted molar refractivity (Wildman–Crippen MR) is 142 cm³/mol. The summed E-state index contributed by atoms with van der Waals surface area (Å²) in [5.41, 5.74) is 1.82. The molecule has 180 valence electrons. The van der Waals surface area contributed by atoms with Gasteiger partial charge in [-0.2, -0.15) is 10.5 Å². The predicted octanol–water partition coefficient (Wildman–Crippen LogP) is 8.02. The van der Waals surface area contributed by atoms with Gasteiger partial charge >= 0.3 is 0 Å². The zero-order valence-electron chi connectivity index (χ0n) is 18.1. The van der Waals surface area contributed by atoms with Crippen molar-refractivity contribution in [1.29, 1.82) is 10.5 Å². The second-order valence-electron chi connectivity index (χ2n) is 8.61. The summed E-state index contributed by atoms with van der Waals surface area (Å²) in [6, 6.07) is 18.3. The standard InChI is InChI=1S/C26H18Cl6N2O/c27-23(28)11-9-21(25(31,15-23)19-7-3-1-5-17(19)13-33)35-22-10-12-24(29,30)16-26(22,32)20-8-4-2-6-18(20)14-34/h1-12,21-22H,15-16H2. The molecule has 3 nitrogen and oxygen atoms in total. The van der Waals surface area contributed by atoms with Crippen molar-refractivity contribution in [2.75, 3.05) is 0 Å². The number of allylic oxidation sites excluding steroid dienone is 2. The summed E-state index contributed by atoms with van der Waals surface area (Å²) >= 11 is 40.4. The van der Waals surface area contributed by atoms with Gasteiger partial charge in [-0.25, -0.2) is 0 Å². The van der Waals surface area contributed by atoms with Gasteiger partial charge in [0.1, 0.15) is 30.6 Å². The van der Waals surface area contributed by atoms with Crippen molar-refractivity contribution >= 4 is 69.6 Å². The van der Waals surface area contributed by atoms with Crippen molar-refractivity contribution in [3.63, 3.8) is 0 Å². The van der Waals surface area contributed by atoms with Gasteiger partial charge in [0.2, 0.25) is 0 Å². The van der Waals surface area contributed by atoms with Crippen LogP contribution in [0, 0.1) is 22.7 Å². The summed E-state index contributed by atoms with van der Waals surface area (Å²) in [6.45, 7) is 0. The number of hydrogen-bond donors (Lipinski definition) is 0. The summed E-state index contributed by atoms with van der Waals surface area (Å²) in [5.74, 6) is 0. The minimum atomic E-state index is -1.29. The average molecular weight is 587 g/mol. The summed E-state index contributed by atoms with van der Waals surface area (Å²) in [5, 5.41) is 19.4. The lowest BCUT2D eigenvalue weighted by Crippen LogP contribution is -2.50. The molecule has 2 aromatic rings. The molecule has 0 aliphatic heterocycles. The molecule has 2 aromatic carbocycles. The van der Waals surface area contributed by atoms with Crippen molar-refractivity contribution in [3.8, 4) is 12.1 Å². The maximum Gasteiger partial charge on any atom is 0.138 e. The molecular formula is C26H18Cl6N2O. The topological polar surface area (TPSA) is 56.8 Å². The highest BCUT2D eigenvalue weighted by atomic mass is 35.5. The number of ether oxygens (including phenoxy) is 1. The normalized spacial score (nSPS) is 30.9. The van der Waals surface area contributed by atoms with E-state index in [1.165, 1.54) is 0 Å². The van der Waals surface area contributed by atoms with Crippen LogP contribution >= 0.6 is 69.6 Å². The highest BCUT2D eigenvalue weighted by Crippen LogP contribution is 2.54. The Morgan fingerprint density at radius 2 is 1.03 bits per heavy atom. The van der Waals surface area contributed by atoms with Crippen molar-refractivity contribution < 1.29 is 4.74 Å². The molecule has 2 aliphatic rings. The molecule has 0 saturated heterocycles. The Kier molecular flexibility index (Phi) is 7.47. The van der Waals surface area contributed by atoms with E-state index in [2.05, 4.69) is 12.1 Å². The van der Waals surface area contributed by atoms with Crippen LogP contribution in [-0.4, -0.2) is 20.9 Å². The Labute approximate surface area is 234 Å². The van der Waals surface area contributed by atoms with Crippen LogP contribution in [0.4, 0.5) is 0 Å². The van der Waals surface area contributed by atoms with E-state index in [1.54, 1.807) is 72.8 Å². The second kappa shape index (κ2) is 9.81. The van der Waals surface area contributed by atoms with Gasteiger partial charge in [-0.05, 0) is 23.3 Å². The monoisotopic (exact) mass is 584 g/mol. The largest absolute Gasteiger partial charge is 0.362 e. The van der Waals surface area contributed by atoms with Gasteiger partial charge in [-0.3, -0.25) is 0 Å². The third-order valence-electron chi connectivity index (χ3n) is 6.20. The van der Waals surface area contributed by atoms with Gasteiger partial charge in [-0.15, -0.1) is 23.2 Å². The Morgan fingerprint density at radius 3 is 1.40 bits per heavy atom. The molecule has 0 saturated carbocycles. The number of hydrogen-bond acceptors (Lipinski definition) is 3. The Morgan fingerprint density at radius 1 is 0.657 bits per heavy atom. The molecule has 0 radical (unpaired) electrons. The van der Waals surface area contributed by atoms with Gasteiger partial charge in [-0.1, -0.05) is 107 Å². The number of rotatable bonds is 4. The highest BCUT2D eigenvalue weighted by molar-refractivity contribution is 6.51. The molecule has 35 heavy (non-hydrogen) atoms. The quantitative estimate of drug-likeness (QED) is 0.269. The van der Waals surface area contributed by atoms with Crippen molar-refractivity contribution in [2.45, 2.75) is 43.5 Å². The first-order valence-corrected chi connectivity index (χ1v) is 12.9. The maximum atomic E-state index is 9.72. The lowest BCUT2D eigenvalue weighted by molar-refractivity contribution is -0.0166. The fourth-order valence-electron chi connectivity index (χ4n) is 4.61. The van der Waals surface area contributed by atoms with E-state index in [4.69, 9.17) is 74.3 Å². The van der Waals surface area contributed by atoms with Crippen LogP contribution in [-0.2, 0) is 14.5 Å². The first-order valence-electron chi connectivity index (χ1n) is 10.6. The zero-order chi connectivity index (χ0) is 25.5. The minimum absolute atomic E-state index is 0.0694. The molecule has 0 aromatic heterocycles. The molecule has 9 heteroatoms. The molecule has 0 N–H and O–H groups in total. The van der Waals surface area contributed by atoms with Gasteiger partial charge in [0.25, 0.3) is 0 Å². The highest BCUT2D eigenvalue weighted by Gasteiger charge is 2.53. The summed E-state index contributed by atoms with van der Waals surface area (Å²) < 4.78 is 4.01. The van der Waals surface area contributed by atoms with Gasteiger partial charge in [0.15, 0.2) is 0 Å². The van der Waals surface area contributed by atoms with E-state index in [9.17, 15) is 10.5 Å². The van der Waals surface area contributed by atoms with E-state index in [0.717, 1.165) is 0 Å². The molecular weight excluding hydrogens is 569 g/mol. The number of alkyl halides is 6. The van der Waals surface area contributed by atoms with Gasteiger partial charge in [0, 0.05) is 12.8 Å². The molecule has 0 fully saturated rings. The molecule has 0 amide bonds. The van der Waals surface area contributed by atoms with Crippen molar-refractivity contribution in [3.05, 3.63) is 95.1 Å². The first-order chi connectivity index (χ1) is 16.4. The second-order valence-corrected chi connectivity index (χ2v) is 13.0. The zero-order valence-corrected chi connectivity index (χ0v) is 22.6. The van der Waals surface area contributed by atoms with Crippen LogP contribution in [0.2, 0.25) is 0 Å². The third kappa shape index (κ3) is 5.20. The van der Waals surface area contributed by atoms with Crippen molar-refractivity contribution in [1.82, 2.24) is 0 Å². The van der Waals surface area contributed by atoms with Crippen LogP contribution in [0.5, 0.6) is 0 Å². The average Bonchev–Trinajstić information content (AvgIpc) is 2.81. The van der Waals surface area contributed by atoms with Crippen LogP contribution in [0.15, 0.2) is 72.8 Å². The third-order valence-corrected chi connectivity index (χ3v) is 8.34. The van der Waals surface area contributed by atoms with Crippen LogP contribution in [0.1, 0.15) is 35.1 Å². The smallest absolute Gasteiger partial charge is 0.138 e. The molecule has 2 aliphatic carbocycles. The van der Waals surface area contributed by atoms with Crippen LogP contribution in [0.25, 0.3) is 0 Å². The van der Waals surface area contributed by atoms with E-state index in [0.29, 0.717) is 22.3 Å². The number of halogens is 6. The van der Waals surface area contributed by atoms with E-state index in [-0.39, 0.29) is 12.8 Å². The Balaban J connectivity index is 1.82. The SMILES string of the molecule is N#Cc1ccccc1C1(Cl)CC(Cl)(Cl)C=CC1OC1C=CC(Cl)(Cl)CC1(Cl)c1ccccc1C#N. The minimum Gasteiger partial charge on any atom is -0.362 e. The summed E-state index contributed by atoms with van der Waals surface area (Å²) in [7, 11) is 0. The number of benzene rings is 2. The van der Waals surface area contributed by atoms with Crippen molar-refractivity contribution in [2.24, 2.45) is 0 Å². The fraction of sp³-hybridized carbons (Fsp3) is 0.308. The lowest BCUT2D eigenvalue weighted by Gasteiger charge is -2.46. The molecule has 4 unspecified atom stereocenters. The maximum absolute atomic E-state index is 9.72. The number of nitriles is 2. The van der Waals surface area contributed by atoms with Gasteiger partial charge in [0.05, 0.1) is 23.3 Å². The fourth-order valence-corrected chi connectivity index (χ4v) is 7.02. The molecule has 0 spiro atoms. The summed E-state index contributed by atoms with van der Waals surface area (Å²) in [4.78, 5) is -2.58. The van der Waals surface area contributed by atoms with E-state index >= 15 is 0 Å². The van der Waals surface area contributed by atoms with Crippen LogP contribution < -0.4 is 0 Å². The lowest BCUT2D eigenvalue weighted by atomic mass is 9.79. The molecule has 4 atom stereocenters. The number of nitrogens with zero attached hydrogens (tertiary/aromatic N) is 2. The Hall–Kier alpha value is -1.40. The molecule has 0 heterocycles. The van der Waals surface area contributed by atoms with E-state index in [1.807, 2.05) is 0 Å². The van der Waals surface area contributed by atoms with Crippen LogP contribution in [0.3, 0.4) is 0 Å². The molecule has 4 rings (SSSR count). The summed E-state index contributed by atoms with van der Waals surface area (Å²) in [6.07, 6.45) is 5.13. The molecule has 0 bridgehead atoms. The first kappa shape index (κ1) is 26.7.